The lowest BCUT2D eigenvalue weighted by Crippen LogP contribution is -2.51. The predicted molar refractivity (Wildman–Crippen MR) is 85.3 cm³/mol. The molecule has 3 rings (SSSR count). The van der Waals surface area contributed by atoms with E-state index < -0.39 is 0 Å². The van der Waals surface area contributed by atoms with Crippen LogP contribution in [0.3, 0.4) is 0 Å². The Morgan fingerprint density at radius 1 is 1.14 bits per heavy atom. The van der Waals surface area contributed by atoms with Crippen LogP contribution >= 0.6 is 0 Å². The van der Waals surface area contributed by atoms with Crippen molar-refractivity contribution in [1.29, 1.82) is 0 Å². The van der Waals surface area contributed by atoms with E-state index >= 15 is 0 Å². The number of nitrogens with one attached hydrogen (secondary N) is 1. The summed E-state index contributed by atoms with van der Waals surface area (Å²) in [5.74, 6) is 2.69. The third-order valence-electron chi connectivity index (χ3n) is 5.28. The van der Waals surface area contributed by atoms with E-state index in [1.165, 1.54) is 38.5 Å². The van der Waals surface area contributed by atoms with Gasteiger partial charge in [0.1, 0.15) is 5.82 Å². The van der Waals surface area contributed by atoms with Crippen LogP contribution in [-0.2, 0) is 6.42 Å². The summed E-state index contributed by atoms with van der Waals surface area (Å²) in [6, 6.07) is 0.572. The van der Waals surface area contributed by atoms with Gasteiger partial charge in [-0.05, 0) is 25.7 Å². The highest BCUT2D eigenvalue weighted by Gasteiger charge is 2.28. The molecule has 1 aromatic heterocycles. The number of nitrogens with zero attached hydrogens (tertiary/aromatic N) is 3. The summed E-state index contributed by atoms with van der Waals surface area (Å²) in [5.41, 5.74) is 6.17. The molecule has 2 heterocycles. The fourth-order valence-electron chi connectivity index (χ4n) is 3.80. The topological polar surface area (TPSA) is 70.8 Å². The standard InChI is InChI=1S/C16H29N5/c1-12-14(17)9-6-10-21(12)16-18-15(19-20-16)11-13-7-4-2-3-5-8-13/h12-14H,2-11,17H2,1H3,(H,18,19,20). The number of piperidine rings is 1. The lowest BCUT2D eigenvalue weighted by Gasteiger charge is -2.36. The first-order valence-electron chi connectivity index (χ1n) is 8.67. The molecule has 2 fully saturated rings. The first-order chi connectivity index (χ1) is 10.2. The predicted octanol–water partition coefficient (Wildman–Crippen LogP) is 2.63. The van der Waals surface area contributed by atoms with Crippen LogP contribution < -0.4 is 10.6 Å². The molecule has 21 heavy (non-hydrogen) atoms. The Balaban J connectivity index is 1.62. The smallest absolute Gasteiger partial charge is 0.244 e. The SMILES string of the molecule is CC1C(N)CCCN1c1n[nH]c(CC2CCCCCC2)n1. The van der Waals surface area contributed by atoms with Crippen molar-refractivity contribution < 1.29 is 0 Å². The number of aromatic nitrogens is 3. The lowest BCUT2D eigenvalue weighted by molar-refractivity contribution is 0.415. The second kappa shape index (κ2) is 6.77. The molecule has 5 heteroatoms. The van der Waals surface area contributed by atoms with Crippen LogP contribution in [-0.4, -0.2) is 33.8 Å². The van der Waals surface area contributed by atoms with Crippen molar-refractivity contribution in [1.82, 2.24) is 15.2 Å². The van der Waals surface area contributed by atoms with E-state index in [1.807, 2.05) is 0 Å². The molecule has 0 amide bonds. The summed E-state index contributed by atoms with van der Waals surface area (Å²) < 4.78 is 0. The number of rotatable bonds is 3. The second-order valence-corrected chi connectivity index (χ2v) is 6.88. The molecule has 1 aromatic rings. The molecule has 2 aliphatic rings. The highest BCUT2D eigenvalue weighted by molar-refractivity contribution is 5.32. The van der Waals surface area contributed by atoms with Gasteiger partial charge in [0.15, 0.2) is 0 Å². The molecular weight excluding hydrogens is 262 g/mol. The largest absolute Gasteiger partial charge is 0.335 e. The zero-order chi connectivity index (χ0) is 14.7. The van der Waals surface area contributed by atoms with Gasteiger partial charge in [0.25, 0.3) is 0 Å². The minimum atomic E-state index is 0.238. The maximum atomic E-state index is 6.17. The van der Waals surface area contributed by atoms with Crippen LogP contribution in [0.4, 0.5) is 5.95 Å². The van der Waals surface area contributed by atoms with Crippen LogP contribution in [0.2, 0.25) is 0 Å². The molecule has 1 aliphatic carbocycles. The summed E-state index contributed by atoms with van der Waals surface area (Å²) in [4.78, 5) is 7.01. The number of anilines is 1. The van der Waals surface area contributed by atoms with Crippen LogP contribution in [0, 0.1) is 5.92 Å². The van der Waals surface area contributed by atoms with E-state index in [2.05, 4.69) is 22.0 Å². The Morgan fingerprint density at radius 3 is 2.67 bits per heavy atom. The Kier molecular flexibility index (Phi) is 4.78. The zero-order valence-electron chi connectivity index (χ0n) is 13.2. The monoisotopic (exact) mass is 291 g/mol. The third kappa shape index (κ3) is 3.57. The van der Waals surface area contributed by atoms with Crippen molar-refractivity contribution in [3.8, 4) is 0 Å². The first-order valence-corrected chi connectivity index (χ1v) is 8.67. The third-order valence-corrected chi connectivity index (χ3v) is 5.28. The molecule has 2 unspecified atom stereocenters. The van der Waals surface area contributed by atoms with E-state index in [9.17, 15) is 0 Å². The summed E-state index contributed by atoms with van der Waals surface area (Å²) in [5, 5.41) is 7.61. The van der Waals surface area contributed by atoms with Crippen LogP contribution in [0.1, 0.15) is 64.1 Å². The van der Waals surface area contributed by atoms with Gasteiger partial charge in [-0.1, -0.05) is 38.5 Å². The summed E-state index contributed by atoms with van der Waals surface area (Å²) in [6.45, 7) is 3.21. The summed E-state index contributed by atoms with van der Waals surface area (Å²) in [6.07, 6.45) is 11.6. The van der Waals surface area contributed by atoms with Gasteiger partial charge in [-0.2, -0.15) is 4.98 Å². The molecule has 118 valence electrons. The molecule has 0 spiro atoms. The highest BCUT2D eigenvalue weighted by atomic mass is 15.4. The molecule has 0 radical (unpaired) electrons. The maximum absolute atomic E-state index is 6.17. The van der Waals surface area contributed by atoms with E-state index in [0.29, 0.717) is 6.04 Å². The molecule has 1 saturated heterocycles. The van der Waals surface area contributed by atoms with Gasteiger partial charge in [0, 0.05) is 25.0 Å². The zero-order valence-corrected chi connectivity index (χ0v) is 13.2. The minimum Gasteiger partial charge on any atom is -0.335 e. The molecular formula is C16H29N5. The number of nitrogens with two attached hydrogens (primary N) is 1. The van der Waals surface area contributed by atoms with Gasteiger partial charge >= 0.3 is 0 Å². The second-order valence-electron chi connectivity index (χ2n) is 6.88. The van der Waals surface area contributed by atoms with Crippen LogP contribution in [0.15, 0.2) is 0 Å². The molecule has 0 bridgehead atoms. The van der Waals surface area contributed by atoms with Gasteiger partial charge in [0.2, 0.25) is 5.95 Å². The van der Waals surface area contributed by atoms with Crippen molar-refractivity contribution >= 4 is 5.95 Å². The molecule has 0 aromatic carbocycles. The molecule has 1 aliphatic heterocycles. The fraction of sp³-hybridized carbons (Fsp3) is 0.875. The average Bonchev–Trinajstić information content (AvgIpc) is 2.78. The first kappa shape index (κ1) is 14.8. The van der Waals surface area contributed by atoms with Crippen molar-refractivity contribution in [2.75, 3.05) is 11.4 Å². The van der Waals surface area contributed by atoms with Crippen LogP contribution in [0.5, 0.6) is 0 Å². The summed E-state index contributed by atoms with van der Waals surface area (Å²) >= 11 is 0. The Morgan fingerprint density at radius 2 is 1.90 bits per heavy atom. The van der Waals surface area contributed by atoms with Crippen LogP contribution in [0.25, 0.3) is 0 Å². The Labute approximate surface area is 127 Å². The Hall–Kier alpha value is -1.10. The van der Waals surface area contributed by atoms with Gasteiger partial charge in [-0.3, -0.25) is 5.10 Å². The van der Waals surface area contributed by atoms with E-state index in [1.54, 1.807) is 0 Å². The van der Waals surface area contributed by atoms with Gasteiger partial charge < -0.3 is 10.6 Å². The molecule has 1 saturated carbocycles. The van der Waals surface area contributed by atoms with Crippen molar-refractivity contribution in [3.05, 3.63) is 5.82 Å². The fourth-order valence-corrected chi connectivity index (χ4v) is 3.80. The quantitative estimate of drug-likeness (QED) is 0.840. The molecule has 3 N–H and O–H groups in total. The Bertz CT molecular complexity index is 436. The lowest BCUT2D eigenvalue weighted by atomic mass is 9.96. The van der Waals surface area contributed by atoms with E-state index in [-0.39, 0.29) is 6.04 Å². The van der Waals surface area contributed by atoms with E-state index in [0.717, 1.165) is 43.5 Å². The number of H-pyrrole nitrogens is 1. The minimum absolute atomic E-state index is 0.238. The summed E-state index contributed by atoms with van der Waals surface area (Å²) in [7, 11) is 0. The normalized spacial score (nSPS) is 28.6. The molecule has 2 atom stereocenters. The van der Waals surface area contributed by atoms with Crippen molar-refractivity contribution in [3.63, 3.8) is 0 Å². The molecule has 5 nitrogen and oxygen atoms in total. The van der Waals surface area contributed by atoms with Gasteiger partial charge in [0.05, 0.1) is 0 Å². The number of aromatic amines is 1. The van der Waals surface area contributed by atoms with Gasteiger partial charge in [-0.25, -0.2) is 0 Å². The number of hydrogen-bond donors (Lipinski definition) is 2. The maximum Gasteiger partial charge on any atom is 0.244 e. The highest BCUT2D eigenvalue weighted by Crippen LogP contribution is 2.26. The van der Waals surface area contributed by atoms with Crippen molar-refractivity contribution in [2.24, 2.45) is 11.7 Å². The van der Waals surface area contributed by atoms with Gasteiger partial charge in [-0.15, -0.1) is 5.10 Å². The average molecular weight is 291 g/mol. The number of hydrogen-bond acceptors (Lipinski definition) is 4. The van der Waals surface area contributed by atoms with E-state index in [4.69, 9.17) is 10.7 Å². The van der Waals surface area contributed by atoms with Crippen molar-refractivity contribution in [2.45, 2.75) is 76.8 Å².